The molecule has 0 aliphatic carbocycles. The van der Waals surface area contributed by atoms with Crippen LogP contribution < -0.4 is 15.4 Å². The third kappa shape index (κ3) is 4.11. The molecule has 0 bridgehead atoms. The predicted octanol–water partition coefficient (Wildman–Crippen LogP) is 2.62. The van der Waals surface area contributed by atoms with Crippen molar-refractivity contribution in [2.24, 2.45) is 0 Å². The first-order chi connectivity index (χ1) is 9.91. The molecule has 5 nitrogen and oxygen atoms in total. The van der Waals surface area contributed by atoms with Crippen LogP contribution in [0.2, 0.25) is 0 Å². The molecule has 0 spiro atoms. The average Bonchev–Trinajstić information content (AvgIpc) is 2.81. The highest BCUT2D eigenvalue weighted by molar-refractivity contribution is 5.75. The summed E-state index contributed by atoms with van der Waals surface area (Å²) in [7, 11) is 1.68. The second-order valence-corrected chi connectivity index (χ2v) is 6.09. The molecule has 2 atom stereocenters. The van der Waals surface area contributed by atoms with Crippen molar-refractivity contribution >= 4 is 6.03 Å². The van der Waals surface area contributed by atoms with Gasteiger partial charge in [0, 0.05) is 18.7 Å². The highest BCUT2D eigenvalue weighted by atomic mass is 16.5. The molecule has 116 valence electrons. The van der Waals surface area contributed by atoms with Gasteiger partial charge in [-0.05, 0) is 33.3 Å². The van der Waals surface area contributed by atoms with Crippen LogP contribution in [0.25, 0.3) is 0 Å². The predicted molar refractivity (Wildman–Crippen MR) is 81.5 cm³/mol. The molecule has 1 aromatic rings. The Bertz CT molecular complexity index is 502. The largest absolute Gasteiger partial charge is 0.491 e. The number of hydrogen-bond donors (Lipinski definition) is 2. The molecule has 0 radical (unpaired) electrons. The molecule has 0 aromatic heterocycles. The first-order valence-electron chi connectivity index (χ1n) is 7.25. The monoisotopic (exact) mass is 292 g/mol. The van der Waals surface area contributed by atoms with Crippen molar-refractivity contribution in [3.05, 3.63) is 29.8 Å². The summed E-state index contributed by atoms with van der Waals surface area (Å²) in [5, 5.41) is 5.90. The molecule has 2 N–H and O–H groups in total. The van der Waals surface area contributed by atoms with Crippen molar-refractivity contribution in [2.75, 3.05) is 13.7 Å². The number of urea groups is 1. The van der Waals surface area contributed by atoms with E-state index < -0.39 is 0 Å². The molecular weight excluding hydrogens is 268 g/mol. The number of benzene rings is 1. The Kier molecular flexibility index (Phi) is 4.73. The van der Waals surface area contributed by atoms with Gasteiger partial charge in [-0.2, -0.15) is 0 Å². The highest BCUT2D eigenvalue weighted by Crippen LogP contribution is 2.31. The third-order valence-electron chi connectivity index (χ3n) is 3.73. The van der Waals surface area contributed by atoms with E-state index in [-0.39, 0.29) is 23.7 Å². The molecular formula is C16H24N2O3. The van der Waals surface area contributed by atoms with Gasteiger partial charge in [0.05, 0.1) is 11.6 Å². The van der Waals surface area contributed by atoms with E-state index in [9.17, 15) is 4.79 Å². The molecule has 21 heavy (non-hydrogen) atoms. The Morgan fingerprint density at radius 2 is 2.19 bits per heavy atom. The lowest BCUT2D eigenvalue weighted by atomic mass is 10.00. The quantitative estimate of drug-likeness (QED) is 0.877. The van der Waals surface area contributed by atoms with E-state index in [1.807, 2.05) is 45.0 Å². The number of methoxy groups -OCH3 is 1. The first-order valence-corrected chi connectivity index (χ1v) is 7.25. The maximum atomic E-state index is 12.1. The smallest absolute Gasteiger partial charge is 0.315 e. The van der Waals surface area contributed by atoms with Crippen LogP contribution in [0.1, 0.15) is 38.8 Å². The fraction of sp³-hybridized carbons (Fsp3) is 0.562. The molecule has 0 saturated heterocycles. The molecule has 2 rings (SSSR count). The van der Waals surface area contributed by atoms with Crippen molar-refractivity contribution in [2.45, 2.75) is 44.9 Å². The van der Waals surface area contributed by atoms with Crippen molar-refractivity contribution in [3.8, 4) is 5.75 Å². The summed E-state index contributed by atoms with van der Waals surface area (Å²) in [6.07, 6.45) is 0.745. The summed E-state index contributed by atoms with van der Waals surface area (Å²) in [6.45, 7) is 6.46. The average molecular weight is 292 g/mol. The number of rotatable bonds is 5. The van der Waals surface area contributed by atoms with Crippen LogP contribution in [0.3, 0.4) is 0 Å². The van der Waals surface area contributed by atoms with Gasteiger partial charge in [-0.25, -0.2) is 4.79 Å². The molecule has 0 fully saturated rings. The summed E-state index contributed by atoms with van der Waals surface area (Å²) in [6, 6.07) is 7.52. The molecule has 5 heteroatoms. The number of carbonyl (C=O) groups is 1. The van der Waals surface area contributed by atoms with Gasteiger partial charge in [0.1, 0.15) is 12.4 Å². The molecule has 0 unspecified atom stereocenters. The zero-order valence-electron chi connectivity index (χ0n) is 13.1. The van der Waals surface area contributed by atoms with E-state index in [1.54, 1.807) is 7.11 Å². The molecule has 1 heterocycles. The number of carbonyl (C=O) groups excluding carboxylic acids is 1. The van der Waals surface area contributed by atoms with E-state index in [4.69, 9.17) is 9.47 Å². The maximum Gasteiger partial charge on any atom is 0.315 e. The van der Waals surface area contributed by atoms with Gasteiger partial charge in [0.2, 0.25) is 0 Å². The van der Waals surface area contributed by atoms with Gasteiger partial charge in [0.25, 0.3) is 0 Å². The standard InChI is InChI=1S/C16H24N2O3/c1-11(9-16(2,3)20-4)17-15(19)18-13-10-21-14-8-6-5-7-12(13)14/h5-8,11,13H,9-10H2,1-4H3,(H2,17,18,19)/t11-,13-/m0/s1. The number of fused-ring (bicyclic) bond motifs is 1. The van der Waals surface area contributed by atoms with Crippen molar-refractivity contribution in [3.63, 3.8) is 0 Å². The van der Waals surface area contributed by atoms with Gasteiger partial charge in [-0.3, -0.25) is 0 Å². The summed E-state index contributed by atoms with van der Waals surface area (Å²) >= 11 is 0. The van der Waals surface area contributed by atoms with Gasteiger partial charge >= 0.3 is 6.03 Å². The van der Waals surface area contributed by atoms with Crippen molar-refractivity contribution < 1.29 is 14.3 Å². The Balaban J connectivity index is 1.86. The van der Waals surface area contributed by atoms with Gasteiger partial charge < -0.3 is 20.1 Å². The molecule has 1 aliphatic heterocycles. The Morgan fingerprint density at radius 1 is 1.48 bits per heavy atom. The summed E-state index contributed by atoms with van der Waals surface area (Å²) in [5.74, 6) is 0.844. The van der Waals surface area contributed by atoms with Crippen LogP contribution in [0, 0.1) is 0 Å². The summed E-state index contributed by atoms with van der Waals surface area (Å²) < 4.78 is 10.9. The Hall–Kier alpha value is -1.75. The second kappa shape index (κ2) is 6.35. The van der Waals surface area contributed by atoms with Crippen LogP contribution >= 0.6 is 0 Å². The SMILES string of the molecule is COC(C)(C)C[C@H](C)NC(=O)N[C@H]1COc2ccccc21. The zero-order chi connectivity index (χ0) is 15.5. The fourth-order valence-corrected chi connectivity index (χ4v) is 2.58. The first kappa shape index (κ1) is 15.6. The van der Waals surface area contributed by atoms with Crippen LogP contribution in [0.5, 0.6) is 5.75 Å². The van der Waals surface area contributed by atoms with Gasteiger partial charge in [0.15, 0.2) is 0 Å². The van der Waals surface area contributed by atoms with Crippen molar-refractivity contribution in [1.82, 2.24) is 10.6 Å². The Labute approximate surface area is 126 Å². The molecule has 2 amide bonds. The van der Waals surface area contributed by atoms with E-state index in [0.29, 0.717) is 6.61 Å². The number of ether oxygens (including phenoxy) is 2. The second-order valence-electron chi connectivity index (χ2n) is 6.09. The number of hydrogen-bond acceptors (Lipinski definition) is 3. The minimum Gasteiger partial charge on any atom is -0.491 e. The molecule has 1 aromatic carbocycles. The van der Waals surface area contributed by atoms with Crippen LogP contribution in [-0.2, 0) is 4.74 Å². The van der Waals surface area contributed by atoms with Crippen molar-refractivity contribution in [1.29, 1.82) is 0 Å². The summed E-state index contributed by atoms with van der Waals surface area (Å²) in [5.41, 5.74) is 0.771. The minimum absolute atomic E-state index is 0.0255. The molecule has 0 saturated carbocycles. The van der Waals surface area contributed by atoms with Crippen LogP contribution in [0.15, 0.2) is 24.3 Å². The number of nitrogens with one attached hydrogen (secondary N) is 2. The highest BCUT2D eigenvalue weighted by Gasteiger charge is 2.26. The van der Waals surface area contributed by atoms with E-state index in [2.05, 4.69) is 10.6 Å². The Morgan fingerprint density at radius 3 is 2.90 bits per heavy atom. The summed E-state index contributed by atoms with van der Waals surface area (Å²) in [4.78, 5) is 12.1. The zero-order valence-corrected chi connectivity index (χ0v) is 13.1. The third-order valence-corrected chi connectivity index (χ3v) is 3.73. The number of amides is 2. The lowest BCUT2D eigenvalue weighted by Crippen LogP contribution is -2.45. The lowest BCUT2D eigenvalue weighted by Gasteiger charge is -2.27. The topological polar surface area (TPSA) is 59.6 Å². The van der Waals surface area contributed by atoms with E-state index in [0.717, 1.165) is 17.7 Å². The lowest BCUT2D eigenvalue weighted by molar-refractivity contribution is 0.00947. The van der Waals surface area contributed by atoms with Gasteiger partial charge in [-0.15, -0.1) is 0 Å². The molecule has 1 aliphatic rings. The fourth-order valence-electron chi connectivity index (χ4n) is 2.58. The van der Waals surface area contributed by atoms with E-state index in [1.165, 1.54) is 0 Å². The van der Waals surface area contributed by atoms with Crippen LogP contribution in [-0.4, -0.2) is 31.4 Å². The van der Waals surface area contributed by atoms with Gasteiger partial charge in [-0.1, -0.05) is 18.2 Å². The van der Waals surface area contributed by atoms with E-state index >= 15 is 0 Å². The van der Waals surface area contributed by atoms with Crippen LogP contribution in [0.4, 0.5) is 4.79 Å². The minimum atomic E-state index is -0.254. The normalized spacial score (nSPS) is 18.6. The number of para-hydroxylation sites is 1. The maximum absolute atomic E-state index is 12.1.